The van der Waals surface area contributed by atoms with E-state index in [4.69, 9.17) is 0 Å². The van der Waals surface area contributed by atoms with E-state index in [2.05, 4.69) is 15.4 Å². The molecule has 2 aliphatic rings. The van der Waals surface area contributed by atoms with Crippen molar-refractivity contribution in [3.63, 3.8) is 0 Å². The molecule has 2 aromatic heterocycles. The number of carbonyl (C=O) groups is 1. The summed E-state index contributed by atoms with van der Waals surface area (Å²) in [6.45, 7) is 0.573. The fourth-order valence-electron chi connectivity index (χ4n) is 3.51. The minimum absolute atomic E-state index is 0.0184. The van der Waals surface area contributed by atoms with E-state index in [1.54, 1.807) is 6.20 Å². The number of fused-ring (bicyclic) bond motifs is 1. The molecule has 6 heteroatoms. The van der Waals surface area contributed by atoms with Crippen LogP contribution in [0.5, 0.6) is 0 Å². The third-order valence-electron chi connectivity index (χ3n) is 4.98. The number of nitrogens with one attached hydrogen (secondary N) is 1. The topological polar surface area (TPSA) is 63.1 Å². The number of aromatic nitrogens is 3. The third-order valence-corrected chi connectivity index (χ3v) is 4.98. The molecule has 0 bridgehead atoms. The Morgan fingerprint density at radius 2 is 2.25 bits per heavy atom. The van der Waals surface area contributed by atoms with Gasteiger partial charge in [0.15, 0.2) is 0 Å². The van der Waals surface area contributed by atoms with Gasteiger partial charge in [-0.05, 0) is 44.2 Å². The summed E-state index contributed by atoms with van der Waals surface area (Å²) in [4.78, 5) is 19.2. The van der Waals surface area contributed by atoms with Crippen LogP contribution < -0.4 is 5.32 Å². The monoisotopic (exact) mass is 325 g/mol. The van der Waals surface area contributed by atoms with Crippen LogP contribution in [0.4, 0.5) is 4.79 Å². The van der Waals surface area contributed by atoms with Gasteiger partial charge in [0.1, 0.15) is 0 Å². The summed E-state index contributed by atoms with van der Waals surface area (Å²) in [6.07, 6.45) is 8.96. The summed E-state index contributed by atoms with van der Waals surface area (Å²) in [7, 11) is 1.97. The standard InChI is InChI=1S/C18H23N5O/c1-22-17-7-4-6-16(15(17)11-20-22)21-18(24)23(14-8-9-14)12-13-5-2-3-10-19-13/h2-3,5,10-11,14,16H,4,6-9,12H2,1H3,(H,21,24)/t16-/m0/s1. The highest BCUT2D eigenvalue weighted by Crippen LogP contribution is 2.31. The van der Waals surface area contributed by atoms with Crippen molar-refractivity contribution >= 4 is 6.03 Å². The maximum Gasteiger partial charge on any atom is 0.318 e. The summed E-state index contributed by atoms with van der Waals surface area (Å²) >= 11 is 0. The zero-order chi connectivity index (χ0) is 16.5. The first-order chi connectivity index (χ1) is 11.7. The second-order valence-electron chi connectivity index (χ2n) is 6.74. The fourth-order valence-corrected chi connectivity index (χ4v) is 3.51. The molecule has 1 saturated carbocycles. The van der Waals surface area contributed by atoms with Crippen molar-refractivity contribution in [3.8, 4) is 0 Å². The first-order valence-electron chi connectivity index (χ1n) is 8.70. The Morgan fingerprint density at radius 1 is 1.38 bits per heavy atom. The average Bonchev–Trinajstić information content (AvgIpc) is 3.37. The molecular weight excluding hydrogens is 302 g/mol. The second kappa shape index (κ2) is 6.26. The summed E-state index contributed by atoms with van der Waals surface area (Å²) in [5.74, 6) is 0. The molecular formula is C18H23N5O. The fraction of sp³-hybridized carbons (Fsp3) is 0.500. The van der Waals surface area contributed by atoms with Gasteiger partial charge in [-0.15, -0.1) is 0 Å². The molecule has 6 nitrogen and oxygen atoms in total. The third kappa shape index (κ3) is 3.00. The second-order valence-corrected chi connectivity index (χ2v) is 6.74. The van der Waals surface area contributed by atoms with Gasteiger partial charge in [-0.25, -0.2) is 4.79 Å². The van der Waals surface area contributed by atoms with Gasteiger partial charge in [0.2, 0.25) is 0 Å². The van der Waals surface area contributed by atoms with Gasteiger partial charge in [-0.1, -0.05) is 6.07 Å². The maximum absolute atomic E-state index is 12.9. The Labute approximate surface area is 141 Å². The number of pyridine rings is 1. The van der Waals surface area contributed by atoms with Crippen molar-refractivity contribution in [1.29, 1.82) is 0 Å². The van der Waals surface area contributed by atoms with E-state index >= 15 is 0 Å². The number of hydrogen-bond acceptors (Lipinski definition) is 3. The molecule has 4 rings (SSSR count). The van der Waals surface area contributed by atoms with Crippen molar-refractivity contribution in [2.45, 2.75) is 50.7 Å². The normalized spacial score (nSPS) is 19.6. The van der Waals surface area contributed by atoms with Crippen LogP contribution >= 0.6 is 0 Å². The largest absolute Gasteiger partial charge is 0.331 e. The summed E-state index contributed by atoms with van der Waals surface area (Å²) in [5, 5.41) is 7.59. The molecule has 0 unspecified atom stereocenters. The predicted octanol–water partition coefficient (Wildman–Crippen LogP) is 2.57. The van der Waals surface area contributed by atoms with Crippen LogP contribution in [0.1, 0.15) is 48.7 Å². The lowest BCUT2D eigenvalue weighted by Crippen LogP contribution is -2.43. The summed E-state index contributed by atoms with van der Waals surface area (Å²) in [6, 6.07) is 6.28. The molecule has 24 heavy (non-hydrogen) atoms. The molecule has 1 fully saturated rings. The van der Waals surface area contributed by atoms with Crippen LogP contribution in [0.15, 0.2) is 30.6 Å². The van der Waals surface area contributed by atoms with E-state index in [0.717, 1.165) is 37.8 Å². The number of nitrogens with zero attached hydrogens (tertiary/aromatic N) is 4. The lowest BCUT2D eigenvalue weighted by atomic mass is 9.93. The van der Waals surface area contributed by atoms with Crippen molar-refractivity contribution in [2.24, 2.45) is 7.05 Å². The molecule has 0 aromatic carbocycles. The Kier molecular flexibility index (Phi) is 3.96. The van der Waals surface area contributed by atoms with Crippen LogP contribution in [0.25, 0.3) is 0 Å². The first-order valence-corrected chi connectivity index (χ1v) is 8.70. The van der Waals surface area contributed by atoms with Crippen molar-refractivity contribution in [3.05, 3.63) is 47.5 Å². The molecule has 0 saturated heterocycles. The molecule has 0 spiro atoms. The maximum atomic E-state index is 12.9. The van der Waals surface area contributed by atoms with Crippen LogP contribution in [0.3, 0.4) is 0 Å². The molecule has 1 atom stereocenters. The van der Waals surface area contributed by atoms with Gasteiger partial charge in [0, 0.05) is 30.5 Å². The average molecular weight is 325 g/mol. The van der Waals surface area contributed by atoms with E-state index in [9.17, 15) is 4.79 Å². The van der Waals surface area contributed by atoms with Gasteiger partial charge < -0.3 is 10.2 Å². The Bertz CT molecular complexity index is 722. The highest BCUT2D eigenvalue weighted by molar-refractivity contribution is 5.75. The highest BCUT2D eigenvalue weighted by atomic mass is 16.2. The zero-order valence-electron chi connectivity index (χ0n) is 14.0. The lowest BCUT2D eigenvalue weighted by Gasteiger charge is -2.28. The van der Waals surface area contributed by atoms with Crippen molar-refractivity contribution < 1.29 is 4.79 Å². The molecule has 2 amide bonds. The van der Waals surface area contributed by atoms with Gasteiger partial charge in [-0.3, -0.25) is 9.67 Å². The van der Waals surface area contributed by atoms with Gasteiger partial charge in [0.25, 0.3) is 0 Å². The Morgan fingerprint density at radius 3 is 3.00 bits per heavy atom. The van der Waals surface area contributed by atoms with Crippen molar-refractivity contribution in [2.75, 3.05) is 0 Å². The SMILES string of the molecule is Cn1ncc2c1CCC[C@@H]2NC(=O)N(Cc1ccccn1)C1CC1. The van der Waals surface area contributed by atoms with Gasteiger partial charge >= 0.3 is 6.03 Å². The highest BCUT2D eigenvalue weighted by Gasteiger charge is 2.34. The van der Waals surface area contributed by atoms with E-state index in [1.807, 2.05) is 41.0 Å². The summed E-state index contributed by atoms with van der Waals surface area (Å²) < 4.78 is 1.93. The number of hydrogen-bond donors (Lipinski definition) is 1. The Balaban J connectivity index is 1.48. The van der Waals surface area contributed by atoms with Crippen molar-refractivity contribution in [1.82, 2.24) is 25.0 Å². The number of amides is 2. The van der Waals surface area contributed by atoms with E-state index < -0.39 is 0 Å². The zero-order valence-corrected chi connectivity index (χ0v) is 14.0. The molecule has 0 radical (unpaired) electrons. The quantitative estimate of drug-likeness (QED) is 0.940. The van der Waals surface area contributed by atoms with Crippen LogP contribution in [0.2, 0.25) is 0 Å². The smallest absolute Gasteiger partial charge is 0.318 e. The van der Waals surface area contributed by atoms with Crippen LogP contribution in [-0.2, 0) is 20.0 Å². The Hall–Kier alpha value is -2.37. The molecule has 2 heterocycles. The molecule has 2 aromatic rings. The summed E-state index contributed by atoms with van der Waals surface area (Å²) in [5.41, 5.74) is 3.35. The number of aryl methyl sites for hydroxylation is 1. The number of rotatable bonds is 4. The molecule has 0 aliphatic heterocycles. The van der Waals surface area contributed by atoms with Crippen LogP contribution in [-0.4, -0.2) is 31.7 Å². The minimum atomic E-state index is 0.0184. The minimum Gasteiger partial charge on any atom is -0.331 e. The molecule has 1 N–H and O–H groups in total. The van der Waals surface area contributed by atoms with E-state index in [0.29, 0.717) is 12.6 Å². The lowest BCUT2D eigenvalue weighted by molar-refractivity contribution is 0.185. The van der Waals surface area contributed by atoms with E-state index in [1.165, 1.54) is 11.3 Å². The first kappa shape index (κ1) is 15.2. The number of urea groups is 1. The number of carbonyl (C=O) groups excluding carboxylic acids is 1. The molecule has 126 valence electrons. The van der Waals surface area contributed by atoms with Gasteiger partial charge in [-0.2, -0.15) is 5.10 Å². The predicted molar refractivity (Wildman–Crippen MR) is 90.2 cm³/mol. The van der Waals surface area contributed by atoms with Gasteiger partial charge in [0.05, 0.1) is 24.5 Å². The van der Waals surface area contributed by atoms with E-state index in [-0.39, 0.29) is 12.1 Å². The molecule has 2 aliphatic carbocycles. The van der Waals surface area contributed by atoms with Crippen LogP contribution in [0, 0.1) is 0 Å².